The normalized spacial score (nSPS) is 9.50. The average molecular weight is 186 g/mol. The maximum atomic E-state index is 5.37. The molecule has 1 aromatic rings. The van der Waals surface area contributed by atoms with Gasteiger partial charge in [0.1, 0.15) is 0 Å². The molecule has 0 aliphatic carbocycles. The van der Waals surface area contributed by atoms with Crippen LogP contribution in [-0.4, -0.2) is 19.8 Å². The summed E-state index contributed by atoms with van der Waals surface area (Å²) in [7, 11) is 0. The van der Waals surface area contributed by atoms with Crippen molar-refractivity contribution >= 4 is 0 Å². The van der Waals surface area contributed by atoms with Gasteiger partial charge in [0.2, 0.25) is 0 Å². The van der Waals surface area contributed by atoms with Gasteiger partial charge in [-0.3, -0.25) is 0 Å². The van der Waals surface area contributed by atoms with Crippen molar-refractivity contribution in [3.8, 4) is 0 Å². The van der Waals surface area contributed by atoms with Crippen molar-refractivity contribution in [2.45, 2.75) is 13.5 Å². The summed E-state index contributed by atoms with van der Waals surface area (Å²) in [6.45, 7) is 4.67. The van der Waals surface area contributed by atoms with E-state index in [2.05, 4.69) is 6.07 Å². The molecule has 0 aliphatic heterocycles. The van der Waals surface area contributed by atoms with Crippen molar-refractivity contribution in [1.29, 1.82) is 0 Å². The molecule has 1 aromatic carbocycles. The molecule has 0 atom stereocenters. The second-order valence-corrected chi connectivity index (χ2v) is 2.64. The van der Waals surface area contributed by atoms with E-state index in [9.17, 15) is 0 Å². The van der Waals surface area contributed by atoms with E-state index >= 15 is 0 Å². The van der Waals surface area contributed by atoms with Gasteiger partial charge in [0.05, 0.1) is 13.2 Å². The zero-order valence-corrected chi connectivity index (χ0v) is 8.95. The Hall–Kier alpha value is -0.263. The molecule has 0 unspecified atom stereocenters. The first-order valence-electron chi connectivity index (χ1n) is 4.54. The van der Waals surface area contributed by atoms with Gasteiger partial charge in [0.25, 0.3) is 0 Å². The van der Waals surface area contributed by atoms with E-state index in [4.69, 9.17) is 9.47 Å². The topological polar surface area (TPSA) is 18.5 Å². The Kier molecular flexibility index (Phi) is 9.12. The minimum absolute atomic E-state index is 0. The Morgan fingerprint density at radius 3 is 2.64 bits per heavy atom. The third kappa shape index (κ3) is 6.23. The van der Waals surface area contributed by atoms with Gasteiger partial charge >= 0.3 is 18.9 Å². The second-order valence-electron chi connectivity index (χ2n) is 2.64. The Morgan fingerprint density at radius 2 is 2.00 bits per heavy atom. The van der Waals surface area contributed by atoms with Crippen LogP contribution < -0.4 is 18.9 Å². The monoisotopic (exact) mass is 186 g/mol. The summed E-state index contributed by atoms with van der Waals surface area (Å²) < 4.78 is 10.5. The number of hydrogen-bond donors (Lipinski definition) is 0. The Labute approximate surface area is 97.8 Å². The maximum absolute atomic E-state index is 5.37. The predicted octanol–water partition coefficient (Wildman–Crippen LogP) is -0.956. The summed E-state index contributed by atoms with van der Waals surface area (Å²) in [5, 5.41) is 0. The first-order valence-corrected chi connectivity index (χ1v) is 4.54. The molecule has 0 fully saturated rings. The Bertz CT molecular complexity index is 214. The summed E-state index contributed by atoms with van der Waals surface area (Å²) in [5.74, 6) is 0. The van der Waals surface area contributed by atoms with E-state index in [0.717, 1.165) is 12.2 Å². The molecular weight excluding hydrogens is 171 g/mol. The van der Waals surface area contributed by atoms with Gasteiger partial charge in [0.15, 0.2) is 0 Å². The first-order chi connectivity index (χ1) is 6.43. The maximum Gasteiger partial charge on any atom is 1.00 e. The zero-order valence-electron chi connectivity index (χ0n) is 8.95. The molecule has 0 heterocycles. The van der Waals surface area contributed by atoms with Crippen molar-refractivity contribution < 1.29 is 28.3 Å². The standard InChI is InChI=1S/C11H15O2.Li/c1-2-12-8-9-13-10-11-6-4-3-5-7-11;/h3-6H,2,8-10H2,1H3;/q-1;+1. The molecule has 72 valence electrons. The molecule has 0 radical (unpaired) electrons. The Balaban J connectivity index is 0.00000169. The van der Waals surface area contributed by atoms with Crippen molar-refractivity contribution in [2.24, 2.45) is 0 Å². The smallest absolute Gasteiger partial charge is 0.379 e. The third-order valence-electron chi connectivity index (χ3n) is 1.61. The molecule has 0 amide bonds. The molecule has 0 aromatic heterocycles. The van der Waals surface area contributed by atoms with Crippen LogP contribution in [0.5, 0.6) is 0 Å². The van der Waals surface area contributed by atoms with E-state index in [1.54, 1.807) is 0 Å². The van der Waals surface area contributed by atoms with Crippen LogP contribution in [0.2, 0.25) is 0 Å². The number of benzene rings is 1. The van der Waals surface area contributed by atoms with E-state index in [-0.39, 0.29) is 18.9 Å². The summed E-state index contributed by atoms with van der Waals surface area (Å²) in [6.07, 6.45) is 0. The van der Waals surface area contributed by atoms with Gasteiger partial charge in [-0.1, -0.05) is 0 Å². The zero-order chi connectivity index (χ0) is 9.36. The number of hydrogen-bond acceptors (Lipinski definition) is 2. The summed E-state index contributed by atoms with van der Waals surface area (Å²) in [4.78, 5) is 0. The van der Waals surface area contributed by atoms with Crippen molar-refractivity contribution in [3.63, 3.8) is 0 Å². The first kappa shape index (κ1) is 13.7. The molecule has 0 saturated carbocycles. The fraction of sp³-hybridized carbons (Fsp3) is 0.455. The molecule has 0 aliphatic rings. The molecule has 1 rings (SSSR count). The molecule has 14 heavy (non-hydrogen) atoms. The van der Waals surface area contributed by atoms with Gasteiger partial charge in [-0.2, -0.15) is 30.3 Å². The molecular formula is C11H15LiO2. The van der Waals surface area contributed by atoms with Crippen molar-refractivity contribution in [2.75, 3.05) is 19.8 Å². The van der Waals surface area contributed by atoms with Crippen molar-refractivity contribution in [1.82, 2.24) is 0 Å². The van der Waals surface area contributed by atoms with E-state index in [1.165, 1.54) is 0 Å². The summed E-state index contributed by atoms with van der Waals surface area (Å²) in [6, 6.07) is 10.9. The van der Waals surface area contributed by atoms with Crippen LogP contribution in [0.1, 0.15) is 12.5 Å². The molecule has 2 nitrogen and oxygen atoms in total. The number of ether oxygens (including phenoxy) is 2. The SMILES string of the molecule is CCOCCOCc1[c-]cccc1.[Li+]. The molecule has 0 saturated heterocycles. The Morgan fingerprint density at radius 1 is 1.21 bits per heavy atom. The minimum Gasteiger partial charge on any atom is -0.379 e. The fourth-order valence-corrected chi connectivity index (χ4v) is 0.965. The van der Waals surface area contributed by atoms with Gasteiger partial charge < -0.3 is 9.47 Å². The predicted molar refractivity (Wildman–Crippen MR) is 51.4 cm³/mol. The quantitative estimate of drug-likeness (QED) is 0.324. The molecule has 0 spiro atoms. The van der Waals surface area contributed by atoms with E-state index in [0.29, 0.717) is 19.8 Å². The third-order valence-corrected chi connectivity index (χ3v) is 1.61. The van der Waals surface area contributed by atoms with E-state index in [1.807, 2.05) is 31.2 Å². The molecule has 0 N–H and O–H groups in total. The van der Waals surface area contributed by atoms with Crippen LogP contribution in [0, 0.1) is 6.07 Å². The summed E-state index contributed by atoms with van der Waals surface area (Å²) >= 11 is 0. The molecule has 0 bridgehead atoms. The van der Waals surface area contributed by atoms with Crippen LogP contribution in [0.15, 0.2) is 24.3 Å². The van der Waals surface area contributed by atoms with Gasteiger partial charge in [-0.15, -0.1) is 5.56 Å². The van der Waals surface area contributed by atoms with Gasteiger partial charge in [0, 0.05) is 13.2 Å². The van der Waals surface area contributed by atoms with E-state index < -0.39 is 0 Å². The van der Waals surface area contributed by atoms with Gasteiger partial charge in [-0.25, -0.2) is 0 Å². The van der Waals surface area contributed by atoms with Crippen LogP contribution >= 0.6 is 0 Å². The van der Waals surface area contributed by atoms with Crippen LogP contribution in [0.3, 0.4) is 0 Å². The largest absolute Gasteiger partial charge is 1.00 e. The second kappa shape index (κ2) is 9.30. The fourth-order valence-electron chi connectivity index (χ4n) is 0.965. The van der Waals surface area contributed by atoms with Crippen LogP contribution in [0.4, 0.5) is 0 Å². The van der Waals surface area contributed by atoms with Crippen molar-refractivity contribution in [3.05, 3.63) is 35.9 Å². The average Bonchev–Trinajstić information content (AvgIpc) is 2.19. The molecule has 3 heteroatoms. The number of rotatable bonds is 6. The van der Waals surface area contributed by atoms with Crippen LogP contribution in [-0.2, 0) is 16.1 Å². The van der Waals surface area contributed by atoms with Crippen LogP contribution in [0.25, 0.3) is 0 Å². The minimum atomic E-state index is 0. The van der Waals surface area contributed by atoms with Gasteiger partial charge in [-0.05, 0) is 6.92 Å². The summed E-state index contributed by atoms with van der Waals surface area (Å²) in [5.41, 5.74) is 1.08.